The molecule has 0 saturated carbocycles. The monoisotopic (exact) mass is 247 g/mol. The molecule has 1 heterocycles. The molecule has 18 heavy (non-hydrogen) atoms. The van der Waals surface area contributed by atoms with E-state index in [1.54, 1.807) is 18.2 Å². The number of aliphatic hydroxyl groups is 1. The van der Waals surface area contributed by atoms with Crippen molar-refractivity contribution in [2.45, 2.75) is 32.3 Å². The molecule has 1 aromatic rings. The highest BCUT2D eigenvalue weighted by atomic mass is 16.3. The summed E-state index contributed by atoms with van der Waals surface area (Å²) in [4.78, 5) is 25.2. The van der Waals surface area contributed by atoms with Crippen LogP contribution in [0.15, 0.2) is 24.3 Å². The van der Waals surface area contributed by atoms with Gasteiger partial charge in [-0.15, -0.1) is 0 Å². The molecular weight excluding hydrogens is 230 g/mol. The first-order valence-corrected chi connectivity index (χ1v) is 6.24. The summed E-state index contributed by atoms with van der Waals surface area (Å²) >= 11 is 0. The number of β-amino-alcohol motifs (C(OH)–C–C–N with tert-alkyl or cyclic N) is 1. The van der Waals surface area contributed by atoms with Crippen molar-refractivity contribution >= 4 is 11.8 Å². The fourth-order valence-corrected chi connectivity index (χ4v) is 2.22. The summed E-state index contributed by atoms with van der Waals surface area (Å²) in [5.41, 5.74) is 1.34. The molecule has 0 saturated heterocycles. The van der Waals surface area contributed by atoms with Crippen LogP contribution in [0, 0.1) is 0 Å². The molecule has 0 aliphatic carbocycles. The van der Waals surface area contributed by atoms with Crippen LogP contribution in [0.4, 0.5) is 0 Å². The zero-order valence-corrected chi connectivity index (χ0v) is 10.4. The molecule has 2 amide bonds. The molecule has 0 radical (unpaired) electrons. The second-order valence-corrected chi connectivity index (χ2v) is 4.59. The first-order chi connectivity index (χ1) is 8.63. The summed E-state index contributed by atoms with van der Waals surface area (Å²) in [6.07, 6.45) is 1.03. The molecule has 1 aliphatic rings. The van der Waals surface area contributed by atoms with Gasteiger partial charge in [-0.05, 0) is 18.1 Å². The van der Waals surface area contributed by atoms with Gasteiger partial charge in [0, 0.05) is 5.56 Å². The highest BCUT2D eigenvalue weighted by Gasteiger charge is 2.31. The quantitative estimate of drug-likeness (QED) is 0.818. The number of benzene rings is 1. The molecule has 4 heteroatoms. The number of nitrogens with zero attached hydrogens (tertiary/aromatic N) is 1. The van der Waals surface area contributed by atoms with Gasteiger partial charge in [-0.3, -0.25) is 14.5 Å². The van der Waals surface area contributed by atoms with E-state index in [4.69, 9.17) is 0 Å². The number of hydrogen-bond acceptors (Lipinski definition) is 3. The molecule has 0 aromatic heterocycles. The third-order valence-corrected chi connectivity index (χ3v) is 3.15. The number of hydrogen-bond donors (Lipinski definition) is 1. The van der Waals surface area contributed by atoms with Crippen LogP contribution in [-0.2, 0) is 11.2 Å². The van der Waals surface area contributed by atoms with Crippen molar-refractivity contribution in [1.82, 2.24) is 4.90 Å². The van der Waals surface area contributed by atoms with Gasteiger partial charge in [-0.25, -0.2) is 0 Å². The second kappa shape index (κ2) is 5.31. The molecule has 96 valence electrons. The van der Waals surface area contributed by atoms with Crippen molar-refractivity contribution in [1.29, 1.82) is 0 Å². The maximum atomic E-state index is 12.2. The molecule has 0 spiro atoms. The number of carbonyl (C=O) groups excluding carboxylic acids is 2. The van der Waals surface area contributed by atoms with E-state index in [0.717, 1.165) is 12.0 Å². The van der Waals surface area contributed by atoms with Crippen molar-refractivity contribution in [3.05, 3.63) is 35.4 Å². The summed E-state index contributed by atoms with van der Waals surface area (Å²) in [6.45, 7) is 2.05. The molecule has 1 unspecified atom stereocenters. The average molecular weight is 247 g/mol. The van der Waals surface area contributed by atoms with E-state index in [1.165, 1.54) is 4.90 Å². The first kappa shape index (κ1) is 12.8. The molecule has 1 atom stereocenters. The SMILES string of the molecule is CCCC(O)CN1C(=O)Cc2ccccc2C1=O. The normalized spacial score (nSPS) is 16.7. The van der Waals surface area contributed by atoms with Gasteiger partial charge in [-0.2, -0.15) is 0 Å². The minimum absolute atomic E-state index is 0.0971. The van der Waals surface area contributed by atoms with Crippen molar-refractivity contribution < 1.29 is 14.7 Å². The molecule has 1 aromatic carbocycles. The molecule has 4 nitrogen and oxygen atoms in total. The summed E-state index contributed by atoms with van der Waals surface area (Å²) in [6, 6.07) is 7.13. The number of imide groups is 1. The zero-order valence-electron chi connectivity index (χ0n) is 10.4. The molecule has 2 rings (SSSR count). The Balaban J connectivity index is 2.19. The Morgan fingerprint density at radius 1 is 1.33 bits per heavy atom. The van der Waals surface area contributed by atoms with Crippen LogP contribution in [0.1, 0.15) is 35.7 Å². The summed E-state index contributed by atoms with van der Waals surface area (Å²) in [5.74, 6) is -0.522. The lowest BCUT2D eigenvalue weighted by Crippen LogP contribution is -2.46. The van der Waals surface area contributed by atoms with E-state index in [2.05, 4.69) is 0 Å². The Morgan fingerprint density at radius 2 is 2.06 bits per heavy atom. The lowest BCUT2D eigenvalue weighted by atomic mass is 9.98. The van der Waals surface area contributed by atoms with E-state index in [9.17, 15) is 14.7 Å². The van der Waals surface area contributed by atoms with Gasteiger partial charge in [0.25, 0.3) is 5.91 Å². The largest absolute Gasteiger partial charge is 0.391 e. The second-order valence-electron chi connectivity index (χ2n) is 4.59. The van der Waals surface area contributed by atoms with Crippen molar-refractivity contribution in [2.24, 2.45) is 0 Å². The van der Waals surface area contributed by atoms with Gasteiger partial charge < -0.3 is 5.11 Å². The maximum Gasteiger partial charge on any atom is 0.260 e. The number of fused-ring (bicyclic) bond motifs is 1. The summed E-state index contributed by atoms with van der Waals surface area (Å²) in [5, 5.41) is 9.74. The molecular formula is C14H17NO3. The molecule has 1 aliphatic heterocycles. The van der Waals surface area contributed by atoms with Crippen molar-refractivity contribution in [2.75, 3.05) is 6.54 Å². The fourth-order valence-electron chi connectivity index (χ4n) is 2.22. The standard InChI is InChI=1S/C14H17NO3/c1-2-5-11(16)9-15-13(17)8-10-6-3-4-7-12(10)14(15)18/h3-4,6-7,11,16H,2,5,8-9H2,1H3. The fraction of sp³-hybridized carbons (Fsp3) is 0.429. The Kier molecular flexibility index (Phi) is 3.77. The van der Waals surface area contributed by atoms with Gasteiger partial charge >= 0.3 is 0 Å². The molecule has 0 bridgehead atoms. The van der Waals surface area contributed by atoms with Crippen LogP contribution in [0.25, 0.3) is 0 Å². The Morgan fingerprint density at radius 3 is 2.78 bits per heavy atom. The van der Waals surface area contributed by atoms with Gasteiger partial charge in [0.2, 0.25) is 5.91 Å². The Labute approximate surface area is 106 Å². The predicted octanol–water partition coefficient (Wildman–Crippen LogP) is 1.37. The lowest BCUT2D eigenvalue weighted by molar-refractivity contribution is -0.129. The number of carbonyl (C=O) groups is 2. The third-order valence-electron chi connectivity index (χ3n) is 3.15. The van der Waals surface area contributed by atoms with Crippen LogP contribution in [0.2, 0.25) is 0 Å². The Bertz CT molecular complexity index is 470. The predicted molar refractivity (Wildman–Crippen MR) is 67.1 cm³/mol. The van der Waals surface area contributed by atoms with Gasteiger partial charge in [-0.1, -0.05) is 31.5 Å². The van der Waals surface area contributed by atoms with Crippen LogP contribution in [-0.4, -0.2) is 34.5 Å². The highest BCUT2D eigenvalue weighted by molar-refractivity contribution is 6.09. The van der Waals surface area contributed by atoms with E-state index in [-0.39, 0.29) is 24.8 Å². The number of amides is 2. The first-order valence-electron chi connectivity index (χ1n) is 6.24. The van der Waals surface area contributed by atoms with Gasteiger partial charge in [0.1, 0.15) is 0 Å². The van der Waals surface area contributed by atoms with Crippen LogP contribution in [0.5, 0.6) is 0 Å². The maximum absolute atomic E-state index is 12.2. The minimum atomic E-state index is -0.631. The highest BCUT2D eigenvalue weighted by Crippen LogP contribution is 2.20. The van der Waals surface area contributed by atoms with Crippen molar-refractivity contribution in [3.8, 4) is 0 Å². The molecule has 0 fully saturated rings. The van der Waals surface area contributed by atoms with Crippen LogP contribution in [0.3, 0.4) is 0 Å². The topological polar surface area (TPSA) is 57.6 Å². The summed E-state index contributed by atoms with van der Waals surface area (Å²) < 4.78 is 0. The summed E-state index contributed by atoms with van der Waals surface area (Å²) in [7, 11) is 0. The van der Waals surface area contributed by atoms with E-state index in [1.807, 2.05) is 13.0 Å². The zero-order chi connectivity index (χ0) is 13.1. The number of aliphatic hydroxyl groups excluding tert-OH is 1. The van der Waals surface area contributed by atoms with E-state index < -0.39 is 6.10 Å². The third kappa shape index (κ3) is 2.43. The van der Waals surface area contributed by atoms with E-state index in [0.29, 0.717) is 12.0 Å². The van der Waals surface area contributed by atoms with Crippen molar-refractivity contribution in [3.63, 3.8) is 0 Å². The number of rotatable bonds is 4. The average Bonchev–Trinajstić information content (AvgIpc) is 2.35. The van der Waals surface area contributed by atoms with Crippen LogP contribution >= 0.6 is 0 Å². The minimum Gasteiger partial charge on any atom is -0.391 e. The molecule has 1 N–H and O–H groups in total. The smallest absolute Gasteiger partial charge is 0.260 e. The van der Waals surface area contributed by atoms with Crippen LogP contribution < -0.4 is 0 Å². The van der Waals surface area contributed by atoms with Gasteiger partial charge in [0.15, 0.2) is 0 Å². The van der Waals surface area contributed by atoms with E-state index >= 15 is 0 Å². The Hall–Kier alpha value is -1.68. The lowest BCUT2D eigenvalue weighted by Gasteiger charge is -2.28. The van der Waals surface area contributed by atoms with Gasteiger partial charge in [0.05, 0.1) is 19.1 Å².